The van der Waals surface area contributed by atoms with E-state index in [0.29, 0.717) is 37.5 Å². The predicted molar refractivity (Wildman–Crippen MR) is 168 cm³/mol. The maximum atomic E-state index is 13.2. The fourth-order valence-electron chi connectivity index (χ4n) is 5.38. The van der Waals surface area contributed by atoms with Crippen molar-refractivity contribution in [2.75, 3.05) is 39.3 Å². The molecule has 2 aromatic carbocycles. The molecule has 0 spiro atoms. The SMILES string of the molecule is NC(=O)C1CCNCC1.O=C(NC(c1ccc(Cl)cc1)c1ccccn1)C1CCN(CCOc2ccccc2OC(F)(F)F)CC1. The van der Waals surface area contributed by atoms with E-state index in [1.165, 1.54) is 18.2 Å². The van der Waals surface area contributed by atoms with Crippen LogP contribution < -0.4 is 25.8 Å². The summed E-state index contributed by atoms with van der Waals surface area (Å²) in [6.07, 6.45) is 0.0542. The lowest BCUT2D eigenvalue weighted by Gasteiger charge is -2.32. The summed E-state index contributed by atoms with van der Waals surface area (Å²) in [7, 11) is 0. The second-order valence-corrected chi connectivity index (χ2v) is 11.6. The third kappa shape index (κ3) is 11.2. The molecule has 0 bridgehead atoms. The number of ether oxygens (including phenoxy) is 2. The Morgan fingerprint density at radius 3 is 2.20 bits per heavy atom. The first-order chi connectivity index (χ1) is 22.1. The molecule has 0 saturated carbocycles. The van der Waals surface area contributed by atoms with Gasteiger partial charge in [-0.1, -0.05) is 41.9 Å². The Kier molecular flexibility index (Phi) is 13.1. The number of nitrogens with one attached hydrogen (secondary N) is 2. The lowest BCUT2D eigenvalue weighted by molar-refractivity contribution is -0.275. The first kappa shape index (κ1) is 35.0. The van der Waals surface area contributed by atoms with Crippen molar-refractivity contribution < 1.29 is 32.2 Å². The average Bonchev–Trinajstić information content (AvgIpc) is 3.05. The van der Waals surface area contributed by atoms with E-state index >= 15 is 0 Å². The quantitative estimate of drug-likeness (QED) is 0.277. The van der Waals surface area contributed by atoms with Gasteiger partial charge in [0.05, 0.1) is 11.7 Å². The highest BCUT2D eigenvalue weighted by atomic mass is 35.5. The Labute approximate surface area is 271 Å². The van der Waals surface area contributed by atoms with E-state index in [2.05, 4.69) is 25.3 Å². The number of carbonyl (C=O) groups is 2. The number of carbonyl (C=O) groups excluding carboxylic acids is 2. The van der Waals surface area contributed by atoms with E-state index in [0.717, 1.165) is 37.2 Å². The summed E-state index contributed by atoms with van der Waals surface area (Å²) in [5, 5.41) is 6.92. The van der Waals surface area contributed by atoms with Gasteiger partial charge >= 0.3 is 6.36 Å². The molecule has 4 N–H and O–H groups in total. The number of aromatic nitrogens is 1. The molecule has 2 fully saturated rings. The number of nitrogens with zero attached hydrogens (tertiary/aromatic N) is 2. The van der Waals surface area contributed by atoms with Gasteiger partial charge in [0.1, 0.15) is 6.61 Å². The van der Waals surface area contributed by atoms with Gasteiger partial charge < -0.3 is 25.8 Å². The summed E-state index contributed by atoms with van der Waals surface area (Å²) in [5.74, 6) is -0.538. The zero-order valence-corrected chi connectivity index (χ0v) is 26.1. The van der Waals surface area contributed by atoms with Gasteiger partial charge in [0.2, 0.25) is 11.8 Å². The maximum Gasteiger partial charge on any atom is 0.573 e. The number of nitrogens with two attached hydrogens (primary N) is 1. The number of halogens is 4. The summed E-state index contributed by atoms with van der Waals surface area (Å²) in [6.45, 7) is 3.96. The Balaban J connectivity index is 0.000000459. The smallest absolute Gasteiger partial charge is 0.488 e. The number of likely N-dealkylation sites (tertiary alicyclic amines) is 1. The fraction of sp³-hybridized carbons (Fsp3) is 0.424. The molecule has 1 aromatic heterocycles. The van der Waals surface area contributed by atoms with Crippen molar-refractivity contribution in [3.8, 4) is 11.5 Å². The van der Waals surface area contributed by atoms with Gasteiger partial charge in [0.25, 0.3) is 0 Å². The lowest BCUT2D eigenvalue weighted by Crippen LogP contribution is -2.43. The number of rotatable bonds is 10. The van der Waals surface area contributed by atoms with Gasteiger partial charge in [-0.2, -0.15) is 0 Å². The van der Waals surface area contributed by atoms with Crippen molar-refractivity contribution in [1.29, 1.82) is 0 Å². The van der Waals surface area contributed by atoms with E-state index in [-0.39, 0.29) is 41.8 Å². The number of primary amides is 1. The zero-order chi connectivity index (χ0) is 32.9. The number of benzene rings is 2. The fourth-order valence-corrected chi connectivity index (χ4v) is 5.50. The molecule has 2 aliphatic heterocycles. The molecule has 5 rings (SSSR count). The minimum absolute atomic E-state index is 0.0388. The van der Waals surface area contributed by atoms with E-state index < -0.39 is 12.4 Å². The number of pyridine rings is 1. The van der Waals surface area contributed by atoms with Gasteiger partial charge in [0, 0.05) is 29.6 Å². The highest BCUT2D eigenvalue weighted by Crippen LogP contribution is 2.32. The van der Waals surface area contributed by atoms with E-state index in [4.69, 9.17) is 22.1 Å². The molecule has 2 saturated heterocycles. The molecular weight excluding hydrogens is 623 g/mol. The van der Waals surface area contributed by atoms with Crippen LogP contribution in [-0.2, 0) is 9.59 Å². The summed E-state index contributed by atoms with van der Waals surface area (Å²) in [4.78, 5) is 30.3. The molecular formula is C33H39ClF3N5O4. The van der Waals surface area contributed by atoms with Gasteiger partial charge in [0.15, 0.2) is 11.5 Å². The van der Waals surface area contributed by atoms with Gasteiger partial charge in [-0.3, -0.25) is 19.5 Å². The van der Waals surface area contributed by atoms with Crippen LogP contribution >= 0.6 is 11.6 Å². The number of amides is 2. The topological polar surface area (TPSA) is 119 Å². The molecule has 13 heteroatoms. The van der Waals surface area contributed by atoms with E-state index in [9.17, 15) is 22.8 Å². The highest BCUT2D eigenvalue weighted by Gasteiger charge is 2.32. The molecule has 3 aromatic rings. The van der Waals surface area contributed by atoms with Crippen LogP contribution in [0.3, 0.4) is 0 Å². The molecule has 2 aliphatic rings. The summed E-state index contributed by atoms with van der Waals surface area (Å²) >= 11 is 6.04. The lowest BCUT2D eigenvalue weighted by atomic mass is 9.94. The standard InChI is InChI=1S/C27H27ClF3N3O3.C6H12N2O/c28-21-10-8-19(9-11-21)25(22-5-3-4-14-32-22)33-26(35)20-12-15-34(16-13-20)17-18-36-23-6-1-2-7-24(23)37-27(29,30)31;7-6(9)5-1-3-8-4-2-5/h1-11,14,20,25H,12-13,15-18H2,(H,33,35);5,8H,1-4H2,(H2,7,9). The summed E-state index contributed by atoms with van der Waals surface area (Å²) < 4.78 is 47.4. The number of para-hydroxylation sites is 2. The van der Waals surface area contributed by atoms with Crippen molar-refractivity contribution in [3.05, 3.63) is 89.2 Å². The Morgan fingerprint density at radius 1 is 0.957 bits per heavy atom. The monoisotopic (exact) mass is 661 g/mol. The van der Waals surface area contributed by atoms with Gasteiger partial charge in [-0.15, -0.1) is 13.2 Å². The van der Waals surface area contributed by atoms with Crippen LogP contribution in [0.15, 0.2) is 72.9 Å². The molecule has 1 atom stereocenters. The number of hydrogen-bond donors (Lipinski definition) is 3. The van der Waals surface area contributed by atoms with Crippen LogP contribution in [0.4, 0.5) is 13.2 Å². The number of piperidine rings is 2. The third-order valence-corrected chi connectivity index (χ3v) is 8.17. The second-order valence-electron chi connectivity index (χ2n) is 11.1. The first-order valence-electron chi connectivity index (χ1n) is 15.3. The molecule has 46 heavy (non-hydrogen) atoms. The average molecular weight is 662 g/mol. The third-order valence-electron chi connectivity index (χ3n) is 7.91. The van der Waals surface area contributed by atoms with E-state index in [1.54, 1.807) is 24.4 Å². The van der Waals surface area contributed by atoms with Crippen LogP contribution in [0.25, 0.3) is 0 Å². The Hall–Kier alpha value is -3.87. The van der Waals surface area contributed by atoms with Crippen LogP contribution in [0.2, 0.25) is 5.02 Å². The van der Waals surface area contributed by atoms with Gasteiger partial charge in [-0.25, -0.2) is 0 Å². The minimum atomic E-state index is -4.79. The maximum absolute atomic E-state index is 13.2. The minimum Gasteiger partial charge on any atom is -0.488 e. The van der Waals surface area contributed by atoms with Crippen molar-refractivity contribution in [3.63, 3.8) is 0 Å². The molecule has 9 nitrogen and oxygen atoms in total. The highest BCUT2D eigenvalue weighted by molar-refractivity contribution is 6.30. The molecule has 0 aliphatic carbocycles. The largest absolute Gasteiger partial charge is 0.573 e. The molecule has 2 amide bonds. The number of alkyl halides is 3. The molecule has 248 valence electrons. The summed E-state index contributed by atoms with van der Waals surface area (Å²) in [5.41, 5.74) is 6.73. The van der Waals surface area contributed by atoms with Crippen LogP contribution in [-0.4, -0.2) is 67.4 Å². The molecule has 1 unspecified atom stereocenters. The Bertz CT molecular complexity index is 1380. The van der Waals surface area contributed by atoms with Crippen molar-refractivity contribution in [2.24, 2.45) is 17.6 Å². The Morgan fingerprint density at radius 2 is 1.61 bits per heavy atom. The molecule has 3 heterocycles. The first-order valence-corrected chi connectivity index (χ1v) is 15.6. The van der Waals surface area contributed by atoms with Crippen LogP contribution in [0.1, 0.15) is 43.0 Å². The predicted octanol–water partition coefficient (Wildman–Crippen LogP) is 5.10. The summed E-state index contributed by atoms with van der Waals surface area (Å²) in [6, 6.07) is 18.2. The van der Waals surface area contributed by atoms with Gasteiger partial charge in [-0.05, 0) is 93.8 Å². The van der Waals surface area contributed by atoms with Crippen molar-refractivity contribution >= 4 is 23.4 Å². The molecule has 0 radical (unpaired) electrons. The second kappa shape index (κ2) is 17.2. The van der Waals surface area contributed by atoms with Crippen molar-refractivity contribution in [1.82, 2.24) is 20.5 Å². The zero-order valence-electron chi connectivity index (χ0n) is 25.3. The van der Waals surface area contributed by atoms with E-state index in [1.807, 2.05) is 30.3 Å². The van der Waals surface area contributed by atoms with Crippen molar-refractivity contribution in [2.45, 2.75) is 38.1 Å². The normalized spacial score (nSPS) is 16.9. The van der Waals surface area contributed by atoms with Crippen LogP contribution in [0.5, 0.6) is 11.5 Å². The number of hydrogen-bond acceptors (Lipinski definition) is 7. The van der Waals surface area contributed by atoms with Crippen LogP contribution in [0, 0.1) is 11.8 Å².